The highest BCUT2D eigenvalue weighted by Gasteiger charge is 2.17. The lowest BCUT2D eigenvalue weighted by atomic mass is 9.91. The van der Waals surface area contributed by atoms with Crippen LogP contribution in [0.25, 0.3) is 0 Å². The van der Waals surface area contributed by atoms with Gasteiger partial charge in [0, 0.05) is 9.61 Å². The molecule has 0 fully saturated rings. The lowest BCUT2D eigenvalue weighted by Crippen LogP contribution is -2.30. The van der Waals surface area contributed by atoms with Crippen molar-refractivity contribution in [2.45, 2.75) is 46.1 Å². The number of hydrazine groups is 1. The number of benzene rings is 1. The molecule has 3 heteroatoms. The average Bonchev–Trinajstić information content (AvgIpc) is 2.35. The van der Waals surface area contributed by atoms with Gasteiger partial charge in [0.25, 0.3) is 0 Å². The highest BCUT2D eigenvalue weighted by molar-refractivity contribution is 14.1. The van der Waals surface area contributed by atoms with Crippen molar-refractivity contribution in [3.8, 4) is 0 Å². The number of nitrogens with one attached hydrogen (secondary N) is 1. The van der Waals surface area contributed by atoms with Crippen LogP contribution in [-0.2, 0) is 0 Å². The maximum Gasteiger partial charge on any atom is 0.0473 e. The SMILES string of the molecule is CCC(CC)CC(NN)c1cccc(C)c1I. The van der Waals surface area contributed by atoms with E-state index >= 15 is 0 Å². The first-order chi connectivity index (χ1) is 8.13. The Balaban J connectivity index is 2.89. The topological polar surface area (TPSA) is 38.0 Å². The summed E-state index contributed by atoms with van der Waals surface area (Å²) in [5.41, 5.74) is 5.64. The summed E-state index contributed by atoms with van der Waals surface area (Å²) in [5, 5.41) is 0. The van der Waals surface area contributed by atoms with Crippen LogP contribution in [0.2, 0.25) is 0 Å². The minimum absolute atomic E-state index is 0.270. The van der Waals surface area contributed by atoms with Gasteiger partial charge in [0.05, 0.1) is 0 Å². The molecule has 2 nitrogen and oxygen atoms in total. The zero-order chi connectivity index (χ0) is 12.8. The van der Waals surface area contributed by atoms with Gasteiger partial charge in [-0.05, 0) is 53.0 Å². The number of halogens is 1. The molecule has 0 aliphatic rings. The first-order valence-corrected chi connectivity index (χ1v) is 7.42. The van der Waals surface area contributed by atoms with Crippen LogP contribution in [0.3, 0.4) is 0 Å². The Morgan fingerprint density at radius 2 is 1.94 bits per heavy atom. The van der Waals surface area contributed by atoms with E-state index in [-0.39, 0.29) is 6.04 Å². The summed E-state index contributed by atoms with van der Waals surface area (Å²) in [4.78, 5) is 0. The van der Waals surface area contributed by atoms with Crippen molar-refractivity contribution < 1.29 is 0 Å². The molecule has 96 valence electrons. The summed E-state index contributed by atoms with van der Waals surface area (Å²) in [7, 11) is 0. The molecule has 1 rings (SSSR count). The molecular formula is C14H23IN2. The Kier molecular flexibility index (Phi) is 6.44. The molecular weight excluding hydrogens is 323 g/mol. The van der Waals surface area contributed by atoms with Gasteiger partial charge in [-0.3, -0.25) is 11.3 Å². The van der Waals surface area contributed by atoms with Gasteiger partial charge in [-0.2, -0.15) is 0 Å². The van der Waals surface area contributed by atoms with E-state index in [1.165, 1.54) is 27.5 Å². The van der Waals surface area contributed by atoms with Crippen molar-refractivity contribution in [3.05, 3.63) is 32.9 Å². The molecule has 3 N–H and O–H groups in total. The Labute approximate surface area is 118 Å². The summed E-state index contributed by atoms with van der Waals surface area (Å²) in [6, 6.07) is 6.72. The van der Waals surface area contributed by atoms with Gasteiger partial charge in [-0.15, -0.1) is 0 Å². The van der Waals surface area contributed by atoms with Gasteiger partial charge in [0.2, 0.25) is 0 Å². The first kappa shape index (κ1) is 14.9. The predicted octanol–water partition coefficient (Wildman–Crippen LogP) is 3.93. The predicted molar refractivity (Wildman–Crippen MR) is 82.6 cm³/mol. The normalized spacial score (nSPS) is 13.1. The third-order valence-electron chi connectivity index (χ3n) is 3.52. The van der Waals surface area contributed by atoms with E-state index in [4.69, 9.17) is 5.84 Å². The molecule has 0 saturated carbocycles. The highest BCUT2D eigenvalue weighted by Crippen LogP contribution is 2.29. The molecule has 0 bridgehead atoms. The van der Waals surface area contributed by atoms with E-state index in [9.17, 15) is 0 Å². The van der Waals surface area contributed by atoms with Crippen molar-refractivity contribution in [1.29, 1.82) is 0 Å². The summed E-state index contributed by atoms with van der Waals surface area (Å²) < 4.78 is 1.33. The van der Waals surface area contributed by atoms with Crippen LogP contribution in [0.5, 0.6) is 0 Å². The third kappa shape index (κ3) is 3.93. The molecule has 0 radical (unpaired) electrons. The van der Waals surface area contributed by atoms with Crippen molar-refractivity contribution >= 4 is 22.6 Å². The van der Waals surface area contributed by atoms with E-state index < -0.39 is 0 Å². The van der Waals surface area contributed by atoms with Gasteiger partial charge < -0.3 is 0 Å². The smallest absolute Gasteiger partial charge is 0.0473 e. The molecule has 0 aliphatic heterocycles. The van der Waals surface area contributed by atoms with Gasteiger partial charge in [-0.25, -0.2) is 0 Å². The molecule has 1 aromatic rings. The molecule has 0 amide bonds. The minimum atomic E-state index is 0.270. The lowest BCUT2D eigenvalue weighted by Gasteiger charge is -2.23. The fourth-order valence-corrected chi connectivity index (χ4v) is 2.91. The number of hydrogen-bond acceptors (Lipinski definition) is 2. The zero-order valence-electron chi connectivity index (χ0n) is 11.0. The van der Waals surface area contributed by atoms with E-state index in [0.717, 1.165) is 12.3 Å². The summed E-state index contributed by atoms with van der Waals surface area (Å²) in [5.74, 6) is 6.47. The van der Waals surface area contributed by atoms with Crippen LogP contribution >= 0.6 is 22.6 Å². The van der Waals surface area contributed by atoms with Crippen molar-refractivity contribution in [2.75, 3.05) is 0 Å². The average molecular weight is 346 g/mol. The molecule has 17 heavy (non-hydrogen) atoms. The van der Waals surface area contributed by atoms with E-state index in [1.54, 1.807) is 0 Å². The third-order valence-corrected chi connectivity index (χ3v) is 5.00. The van der Waals surface area contributed by atoms with Gasteiger partial charge in [-0.1, -0.05) is 44.9 Å². The number of aryl methyl sites for hydroxylation is 1. The van der Waals surface area contributed by atoms with Gasteiger partial charge >= 0.3 is 0 Å². The largest absolute Gasteiger partial charge is 0.271 e. The lowest BCUT2D eigenvalue weighted by molar-refractivity contribution is 0.374. The second-order valence-corrected chi connectivity index (χ2v) is 5.69. The Morgan fingerprint density at radius 1 is 1.29 bits per heavy atom. The standard InChI is InChI=1S/C14H23IN2/c1-4-11(5-2)9-13(17-16)12-8-6-7-10(3)14(12)15/h6-8,11,13,17H,4-5,9,16H2,1-3H3. The van der Waals surface area contributed by atoms with E-state index in [1.807, 2.05) is 0 Å². The van der Waals surface area contributed by atoms with Crippen molar-refractivity contribution in [1.82, 2.24) is 5.43 Å². The fourth-order valence-electron chi connectivity index (χ4n) is 2.18. The monoisotopic (exact) mass is 346 g/mol. The Morgan fingerprint density at radius 3 is 2.47 bits per heavy atom. The van der Waals surface area contributed by atoms with Crippen LogP contribution in [-0.4, -0.2) is 0 Å². The summed E-state index contributed by atoms with van der Waals surface area (Å²) >= 11 is 2.42. The molecule has 1 atom stereocenters. The van der Waals surface area contributed by atoms with Crippen LogP contribution in [0.1, 0.15) is 50.3 Å². The maximum atomic E-state index is 5.73. The Bertz CT molecular complexity index is 348. The molecule has 0 aliphatic carbocycles. The quantitative estimate of drug-likeness (QED) is 0.465. The number of hydrogen-bond donors (Lipinski definition) is 2. The number of rotatable bonds is 6. The van der Waals surface area contributed by atoms with E-state index in [2.05, 4.69) is 67.0 Å². The highest BCUT2D eigenvalue weighted by atomic mass is 127. The zero-order valence-corrected chi connectivity index (χ0v) is 13.1. The first-order valence-electron chi connectivity index (χ1n) is 6.35. The summed E-state index contributed by atoms with van der Waals surface area (Å²) in [6.07, 6.45) is 3.55. The maximum absolute atomic E-state index is 5.73. The second-order valence-electron chi connectivity index (χ2n) is 4.62. The van der Waals surface area contributed by atoms with Crippen molar-refractivity contribution in [3.63, 3.8) is 0 Å². The molecule has 1 aromatic carbocycles. The van der Waals surface area contributed by atoms with Crippen LogP contribution in [0, 0.1) is 16.4 Å². The second kappa shape index (κ2) is 7.34. The number of nitrogens with two attached hydrogens (primary N) is 1. The van der Waals surface area contributed by atoms with Crippen LogP contribution in [0.4, 0.5) is 0 Å². The Hall–Kier alpha value is -0.130. The molecule has 0 aromatic heterocycles. The van der Waals surface area contributed by atoms with E-state index in [0.29, 0.717) is 0 Å². The molecule has 0 heterocycles. The minimum Gasteiger partial charge on any atom is -0.271 e. The fraction of sp³-hybridized carbons (Fsp3) is 0.571. The summed E-state index contributed by atoms with van der Waals surface area (Å²) in [6.45, 7) is 6.65. The molecule has 0 spiro atoms. The van der Waals surface area contributed by atoms with Crippen LogP contribution < -0.4 is 11.3 Å². The van der Waals surface area contributed by atoms with Gasteiger partial charge in [0.15, 0.2) is 0 Å². The van der Waals surface area contributed by atoms with Crippen molar-refractivity contribution in [2.24, 2.45) is 11.8 Å². The molecule has 1 unspecified atom stereocenters. The van der Waals surface area contributed by atoms with Crippen LogP contribution in [0.15, 0.2) is 18.2 Å². The molecule has 0 saturated heterocycles. The van der Waals surface area contributed by atoms with Gasteiger partial charge in [0.1, 0.15) is 0 Å².